The molecule has 0 spiro atoms. The fourth-order valence-electron chi connectivity index (χ4n) is 12.7. The van der Waals surface area contributed by atoms with E-state index in [0.717, 1.165) is 109 Å². The minimum atomic E-state index is -0.0885. The van der Waals surface area contributed by atoms with Crippen LogP contribution < -0.4 is 31.1 Å². The number of nitrogens with zero attached hydrogens (tertiary/aromatic N) is 3. The number of anilines is 9. The molecule has 0 amide bonds. The summed E-state index contributed by atoms with van der Waals surface area (Å²) in [4.78, 5) is 7.58. The third-order valence-electron chi connectivity index (χ3n) is 19.5. The van der Waals surface area contributed by atoms with E-state index in [1.165, 1.54) is 50.0 Å². The number of furan rings is 2. The summed E-state index contributed by atoms with van der Waals surface area (Å²) in [5, 5.41) is 4.29. The van der Waals surface area contributed by atoms with Gasteiger partial charge in [0.15, 0.2) is 11.2 Å². The molecular formula is C74H74BN3O2. The average molecular weight is 1050 g/mol. The van der Waals surface area contributed by atoms with Gasteiger partial charge in [0.05, 0.1) is 17.1 Å². The van der Waals surface area contributed by atoms with E-state index in [1.807, 2.05) is 0 Å². The maximum Gasteiger partial charge on any atom is 0.252 e. The molecule has 0 radical (unpaired) electrons. The first-order valence-corrected chi connectivity index (χ1v) is 29.4. The molecule has 13 rings (SSSR count). The van der Waals surface area contributed by atoms with Gasteiger partial charge < -0.3 is 23.5 Å². The van der Waals surface area contributed by atoms with Crippen LogP contribution in [0.5, 0.6) is 0 Å². The van der Waals surface area contributed by atoms with Gasteiger partial charge in [-0.15, -0.1) is 0 Å². The lowest BCUT2D eigenvalue weighted by Crippen LogP contribution is -2.61. The molecule has 11 aromatic rings. The quantitative estimate of drug-likeness (QED) is 0.108. The van der Waals surface area contributed by atoms with Gasteiger partial charge in [0.1, 0.15) is 11.2 Å². The van der Waals surface area contributed by atoms with Crippen molar-refractivity contribution in [3.8, 4) is 0 Å². The maximum absolute atomic E-state index is 7.05. The Morgan fingerprint density at radius 3 is 1.14 bits per heavy atom. The van der Waals surface area contributed by atoms with Gasteiger partial charge in [0.2, 0.25) is 0 Å². The molecule has 0 atom stereocenters. The van der Waals surface area contributed by atoms with E-state index in [2.05, 4.69) is 280 Å². The van der Waals surface area contributed by atoms with E-state index < -0.39 is 0 Å². The van der Waals surface area contributed by atoms with Gasteiger partial charge in [-0.3, -0.25) is 0 Å². The first-order valence-electron chi connectivity index (χ1n) is 29.4. The van der Waals surface area contributed by atoms with Crippen molar-refractivity contribution in [1.29, 1.82) is 0 Å². The summed E-state index contributed by atoms with van der Waals surface area (Å²) in [6.45, 7) is 28.2. The molecule has 0 aliphatic carbocycles. The van der Waals surface area contributed by atoms with E-state index >= 15 is 0 Å². The van der Waals surface area contributed by atoms with Crippen LogP contribution in [0.15, 0.2) is 191 Å². The van der Waals surface area contributed by atoms with Crippen molar-refractivity contribution in [3.63, 3.8) is 0 Å². The Bertz CT molecular complexity index is 3950. The number of rotatable bonds is 13. The SMILES string of the molecule is CCC(C)(C)c1ccc(N2c3ccc(C(C)(C)CC)cc3B3c4cc(C(C)(C)CC)ccc4N(c4ccc(C(C)(C)CC)cc4)c4cc(N(c5cccc6c5oc5ccccc56)c5cccc6c5oc5ccccc56)cc2c43)cc1. The average Bonchev–Trinajstić information content (AvgIpc) is 4.10. The van der Waals surface area contributed by atoms with E-state index in [4.69, 9.17) is 8.83 Å². The molecule has 0 saturated heterocycles. The molecule has 0 saturated carbocycles. The first kappa shape index (κ1) is 51.5. The zero-order valence-electron chi connectivity index (χ0n) is 48.9. The Hall–Kier alpha value is -7.96. The third-order valence-corrected chi connectivity index (χ3v) is 19.5. The van der Waals surface area contributed by atoms with E-state index in [-0.39, 0.29) is 28.4 Å². The van der Waals surface area contributed by atoms with Gasteiger partial charge >= 0.3 is 0 Å². The lowest BCUT2D eigenvalue weighted by molar-refractivity contribution is 0.506. The first-order chi connectivity index (χ1) is 38.5. The molecule has 400 valence electrons. The second kappa shape index (κ2) is 18.8. The lowest BCUT2D eigenvalue weighted by Gasteiger charge is -2.46. The Balaban J connectivity index is 1.19. The second-order valence-electron chi connectivity index (χ2n) is 25.4. The lowest BCUT2D eigenvalue weighted by atomic mass is 9.33. The highest BCUT2D eigenvalue weighted by Gasteiger charge is 2.45. The van der Waals surface area contributed by atoms with Crippen molar-refractivity contribution in [1.82, 2.24) is 0 Å². The molecule has 0 fully saturated rings. The highest BCUT2D eigenvalue weighted by atomic mass is 16.3. The number of para-hydroxylation sites is 4. The Kier molecular flexibility index (Phi) is 12.1. The summed E-state index contributed by atoms with van der Waals surface area (Å²) in [5.74, 6) is 0. The van der Waals surface area contributed by atoms with Crippen molar-refractivity contribution in [2.45, 2.75) is 130 Å². The molecule has 0 N–H and O–H groups in total. The zero-order valence-corrected chi connectivity index (χ0v) is 48.9. The molecule has 0 unspecified atom stereocenters. The molecule has 0 bridgehead atoms. The van der Waals surface area contributed by atoms with Crippen LogP contribution in [-0.2, 0) is 21.7 Å². The van der Waals surface area contributed by atoms with E-state index in [9.17, 15) is 0 Å². The zero-order chi connectivity index (χ0) is 55.6. The van der Waals surface area contributed by atoms with Crippen LogP contribution in [0.1, 0.15) is 131 Å². The van der Waals surface area contributed by atoms with Crippen LogP contribution in [0, 0.1) is 0 Å². The Labute approximate surface area is 473 Å². The van der Waals surface area contributed by atoms with Crippen LogP contribution in [0.2, 0.25) is 0 Å². The van der Waals surface area contributed by atoms with Crippen LogP contribution in [0.3, 0.4) is 0 Å². The molecule has 2 aliphatic heterocycles. The van der Waals surface area contributed by atoms with Crippen LogP contribution in [-0.4, -0.2) is 6.71 Å². The predicted molar refractivity (Wildman–Crippen MR) is 343 cm³/mol. The summed E-state index contributed by atoms with van der Waals surface area (Å²) >= 11 is 0. The maximum atomic E-state index is 7.05. The minimum Gasteiger partial charge on any atom is -0.454 e. The highest BCUT2D eigenvalue weighted by Crippen LogP contribution is 2.52. The van der Waals surface area contributed by atoms with Crippen molar-refractivity contribution >= 4 is 118 Å². The van der Waals surface area contributed by atoms with Gasteiger partial charge in [-0.1, -0.05) is 192 Å². The Morgan fingerprint density at radius 1 is 0.375 bits per heavy atom. The Morgan fingerprint density at radius 2 is 0.738 bits per heavy atom. The van der Waals surface area contributed by atoms with Crippen molar-refractivity contribution < 1.29 is 8.83 Å². The van der Waals surface area contributed by atoms with Crippen LogP contribution in [0.4, 0.5) is 51.2 Å². The fraction of sp³-hybridized carbons (Fsp3) is 0.270. The van der Waals surface area contributed by atoms with Crippen LogP contribution >= 0.6 is 0 Å². The monoisotopic (exact) mass is 1050 g/mol. The molecular weight excluding hydrogens is 974 g/mol. The van der Waals surface area contributed by atoms with Crippen molar-refractivity contribution in [2.75, 3.05) is 14.7 Å². The topological polar surface area (TPSA) is 36.0 Å². The second-order valence-corrected chi connectivity index (χ2v) is 25.4. The largest absolute Gasteiger partial charge is 0.454 e. The molecule has 4 heterocycles. The van der Waals surface area contributed by atoms with E-state index in [0.29, 0.717) is 0 Å². The summed E-state index contributed by atoms with van der Waals surface area (Å²) < 4.78 is 14.1. The molecule has 6 heteroatoms. The minimum absolute atomic E-state index is 0.0229. The highest BCUT2D eigenvalue weighted by molar-refractivity contribution is 7.00. The van der Waals surface area contributed by atoms with Crippen molar-refractivity contribution in [2.24, 2.45) is 0 Å². The molecule has 2 aromatic heterocycles. The number of hydrogen-bond acceptors (Lipinski definition) is 5. The summed E-state index contributed by atoms with van der Waals surface area (Å²) in [7, 11) is 0. The van der Waals surface area contributed by atoms with Gasteiger partial charge in [-0.25, -0.2) is 0 Å². The van der Waals surface area contributed by atoms with Crippen molar-refractivity contribution in [3.05, 3.63) is 204 Å². The van der Waals surface area contributed by atoms with Gasteiger partial charge in [0.25, 0.3) is 6.71 Å². The molecule has 9 aromatic carbocycles. The summed E-state index contributed by atoms with van der Waals surface area (Å²) in [6.07, 6.45) is 4.13. The van der Waals surface area contributed by atoms with E-state index in [1.54, 1.807) is 0 Å². The smallest absolute Gasteiger partial charge is 0.252 e. The number of hydrogen-bond donors (Lipinski definition) is 0. The fourth-order valence-corrected chi connectivity index (χ4v) is 12.7. The van der Waals surface area contributed by atoms with Crippen LogP contribution in [0.25, 0.3) is 43.9 Å². The van der Waals surface area contributed by atoms with Gasteiger partial charge in [-0.05, 0) is 159 Å². The van der Waals surface area contributed by atoms with Gasteiger partial charge in [0, 0.05) is 55.7 Å². The molecule has 2 aliphatic rings. The summed E-state index contributed by atoms with van der Waals surface area (Å²) in [6, 6.07) is 68.7. The number of benzene rings is 9. The molecule has 80 heavy (non-hydrogen) atoms. The van der Waals surface area contributed by atoms with Gasteiger partial charge in [-0.2, -0.15) is 0 Å². The third kappa shape index (κ3) is 8.02. The predicted octanol–water partition coefficient (Wildman–Crippen LogP) is 19.8. The summed E-state index contributed by atoms with van der Waals surface area (Å²) in [5.41, 5.74) is 22.4. The normalized spacial score (nSPS) is 13.6. The molecule has 5 nitrogen and oxygen atoms in total. The number of fused-ring (bicyclic) bond motifs is 10. The standard InChI is InChI=1S/C74H74BN3O2/c1-13-71(5,6)47-31-37-51(38-32-47)76-60-41-35-49(73(9,10)15-3)43-58(60)75-59-44-50(74(11,12)16-4)36-42-61(59)77(52-39-33-48(34-40-52)72(7,8)14-2)65-46-53(45-64(76)68(65)75)78(62-27-21-25-56-54-23-17-19-29-66(54)79-69(56)62)63-28-22-26-57-55-24-18-20-30-67(55)80-70(57)63/h17-46H,13-16H2,1-12H3.